The molecule has 0 unspecified atom stereocenters. The van der Waals surface area contributed by atoms with Gasteiger partial charge in [-0.05, 0) is 29.8 Å². The van der Waals surface area contributed by atoms with E-state index < -0.39 is 0 Å². The molecule has 0 aromatic carbocycles. The molecule has 0 aliphatic heterocycles. The van der Waals surface area contributed by atoms with Gasteiger partial charge in [0.15, 0.2) is 0 Å². The average Bonchev–Trinajstić information content (AvgIpc) is 2.53. The van der Waals surface area contributed by atoms with Crippen molar-refractivity contribution < 1.29 is 4.79 Å². The highest BCUT2D eigenvalue weighted by Crippen LogP contribution is 2.10. The molecule has 3 rings (SSSR count). The monoisotopic (exact) mass is 264 g/mol. The smallest absolute Gasteiger partial charge is 0.270 e. The molecule has 0 radical (unpaired) electrons. The molecule has 0 saturated heterocycles. The normalized spacial score (nSPS) is 10.4. The van der Waals surface area contributed by atoms with Crippen LogP contribution in [-0.2, 0) is 6.54 Å². The number of nitrogens with one attached hydrogen (secondary N) is 1. The van der Waals surface area contributed by atoms with E-state index in [1.807, 2.05) is 24.3 Å². The summed E-state index contributed by atoms with van der Waals surface area (Å²) in [6, 6.07) is 9.18. The summed E-state index contributed by atoms with van der Waals surface area (Å²) in [6.07, 6.45) is 6.76. The van der Waals surface area contributed by atoms with E-state index in [1.54, 1.807) is 30.9 Å². The number of fused-ring (bicyclic) bond motifs is 1. The Balaban J connectivity index is 1.75. The minimum atomic E-state index is -0.221. The van der Waals surface area contributed by atoms with E-state index in [0.717, 1.165) is 16.5 Å². The van der Waals surface area contributed by atoms with Gasteiger partial charge in [0.1, 0.15) is 5.69 Å². The molecule has 98 valence electrons. The number of aromatic nitrogens is 3. The quantitative estimate of drug-likeness (QED) is 0.785. The van der Waals surface area contributed by atoms with Gasteiger partial charge in [0.05, 0.1) is 5.52 Å². The Labute approximate surface area is 115 Å². The van der Waals surface area contributed by atoms with Crippen molar-refractivity contribution in [2.24, 2.45) is 0 Å². The molecule has 5 nitrogen and oxygen atoms in total. The molecule has 0 spiro atoms. The fourth-order valence-electron chi connectivity index (χ4n) is 1.87. The first-order valence-electron chi connectivity index (χ1n) is 6.21. The summed E-state index contributed by atoms with van der Waals surface area (Å²) in [5, 5.41) is 3.72. The third-order valence-electron chi connectivity index (χ3n) is 2.90. The van der Waals surface area contributed by atoms with Gasteiger partial charge in [-0.15, -0.1) is 0 Å². The number of hydrogen-bond acceptors (Lipinski definition) is 4. The topological polar surface area (TPSA) is 67.8 Å². The fourth-order valence-corrected chi connectivity index (χ4v) is 1.87. The lowest BCUT2D eigenvalue weighted by Gasteiger charge is -2.05. The lowest BCUT2D eigenvalue weighted by atomic mass is 10.2. The SMILES string of the molecule is O=C(NCc1cccnc1)c1cc2ncccc2cn1. The maximum atomic E-state index is 12.0. The molecule has 0 aliphatic rings. The highest BCUT2D eigenvalue weighted by atomic mass is 16.1. The molecular weight excluding hydrogens is 252 g/mol. The Hall–Kier alpha value is -2.82. The predicted octanol–water partition coefficient (Wildman–Crippen LogP) is 1.95. The van der Waals surface area contributed by atoms with Gasteiger partial charge in [-0.1, -0.05) is 6.07 Å². The molecule has 0 saturated carbocycles. The van der Waals surface area contributed by atoms with Gasteiger partial charge < -0.3 is 5.32 Å². The van der Waals surface area contributed by atoms with E-state index in [-0.39, 0.29) is 5.91 Å². The fraction of sp³-hybridized carbons (Fsp3) is 0.0667. The Morgan fingerprint density at radius 2 is 2.00 bits per heavy atom. The van der Waals surface area contributed by atoms with E-state index in [1.165, 1.54) is 0 Å². The van der Waals surface area contributed by atoms with Crippen LogP contribution < -0.4 is 5.32 Å². The van der Waals surface area contributed by atoms with Crippen LogP contribution in [0.1, 0.15) is 16.1 Å². The second-order valence-corrected chi connectivity index (χ2v) is 4.31. The molecule has 0 aliphatic carbocycles. The Morgan fingerprint density at radius 3 is 2.85 bits per heavy atom. The Kier molecular flexibility index (Phi) is 3.33. The highest BCUT2D eigenvalue weighted by molar-refractivity contribution is 5.95. The molecule has 3 aromatic rings. The van der Waals surface area contributed by atoms with Crippen LogP contribution in [0, 0.1) is 0 Å². The van der Waals surface area contributed by atoms with Crippen molar-refractivity contribution in [3.8, 4) is 0 Å². The van der Waals surface area contributed by atoms with Crippen LogP contribution in [0.15, 0.2) is 55.1 Å². The number of hydrogen-bond donors (Lipinski definition) is 1. The number of amides is 1. The van der Waals surface area contributed by atoms with Crippen LogP contribution in [0.2, 0.25) is 0 Å². The van der Waals surface area contributed by atoms with E-state index in [2.05, 4.69) is 20.3 Å². The predicted molar refractivity (Wildman–Crippen MR) is 74.9 cm³/mol. The summed E-state index contributed by atoms with van der Waals surface area (Å²) in [6.45, 7) is 0.425. The number of carbonyl (C=O) groups excluding carboxylic acids is 1. The summed E-state index contributed by atoms with van der Waals surface area (Å²) in [5.41, 5.74) is 2.06. The van der Waals surface area contributed by atoms with Crippen molar-refractivity contribution in [2.75, 3.05) is 0 Å². The van der Waals surface area contributed by atoms with Crippen LogP contribution in [0.3, 0.4) is 0 Å². The largest absolute Gasteiger partial charge is 0.347 e. The Bertz CT molecular complexity index is 743. The molecule has 0 bridgehead atoms. The van der Waals surface area contributed by atoms with Gasteiger partial charge >= 0.3 is 0 Å². The summed E-state index contributed by atoms with van der Waals surface area (Å²) in [4.78, 5) is 24.4. The standard InChI is InChI=1S/C15H12N4O/c20-15(19-9-11-3-1-5-16-8-11)14-7-13-12(10-18-14)4-2-6-17-13/h1-8,10H,9H2,(H,19,20). The van der Waals surface area contributed by atoms with Crippen molar-refractivity contribution in [1.29, 1.82) is 0 Å². The summed E-state index contributed by atoms with van der Waals surface area (Å²) < 4.78 is 0. The van der Waals surface area contributed by atoms with E-state index >= 15 is 0 Å². The maximum Gasteiger partial charge on any atom is 0.270 e. The maximum absolute atomic E-state index is 12.0. The van der Waals surface area contributed by atoms with Crippen LogP contribution in [-0.4, -0.2) is 20.9 Å². The first-order chi connectivity index (χ1) is 9.83. The van der Waals surface area contributed by atoms with Crippen LogP contribution in [0.4, 0.5) is 0 Å². The van der Waals surface area contributed by atoms with Crippen LogP contribution in [0.25, 0.3) is 10.9 Å². The van der Waals surface area contributed by atoms with Gasteiger partial charge in [0.2, 0.25) is 0 Å². The lowest BCUT2D eigenvalue weighted by molar-refractivity contribution is 0.0946. The van der Waals surface area contributed by atoms with Gasteiger partial charge in [0, 0.05) is 36.7 Å². The number of pyridine rings is 3. The molecule has 20 heavy (non-hydrogen) atoms. The van der Waals surface area contributed by atoms with Gasteiger partial charge in [-0.2, -0.15) is 0 Å². The zero-order valence-corrected chi connectivity index (χ0v) is 10.7. The molecule has 5 heteroatoms. The van der Waals surface area contributed by atoms with E-state index in [4.69, 9.17) is 0 Å². The second-order valence-electron chi connectivity index (χ2n) is 4.31. The zero-order valence-electron chi connectivity index (χ0n) is 10.7. The molecule has 0 fully saturated rings. The molecule has 0 atom stereocenters. The van der Waals surface area contributed by atoms with E-state index in [0.29, 0.717) is 12.2 Å². The first-order valence-corrected chi connectivity index (χ1v) is 6.21. The van der Waals surface area contributed by atoms with E-state index in [9.17, 15) is 4.79 Å². The number of carbonyl (C=O) groups is 1. The molecule has 3 aromatic heterocycles. The molecule has 1 N–H and O–H groups in total. The van der Waals surface area contributed by atoms with Gasteiger partial charge in [0.25, 0.3) is 5.91 Å². The van der Waals surface area contributed by atoms with Crippen molar-refractivity contribution in [3.05, 3.63) is 66.4 Å². The molecule has 1 amide bonds. The minimum Gasteiger partial charge on any atom is -0.347 e. The zero-order chi connectivity index (χ0) is 13.8. The molecular formula is C15H12N4O. The van der Waals surface area contributed by atoms with Crippen molar-refractivity contribution >= 4 is 16.8 Å². The molecule has 3 heterocycles. The number of nitrogens with zero attached hydrogens (tertiary/aromatic N) is 3. The first kappa shape index (κ1) is 12.2. The van der Waals surface area contributed by atoms with Crippen LogP contribution in [0.5, 0.6) is 0 Å². The Morgan fingerprint density at radius 1 is 1.10 bits per heavy atom. The van der Waals surface area contributed by atoms with Crippen molar-refractivity contribution in [2.45, 2.75) is 6.54 Å². The second kappa shape index (κ2) is 5.44. The lowest BCUT2D eigenvalue weighted by Crippen LogP contribution is -2.23. The third-order valence-corrected chi connectivity index (χ3v) is 2.90. The van der Waals surface area contributed by atoms with Crippen LogP contribution >= 0.6 is 0 Å². The van der Waals surface area contributed by atoms with Crippen molar-refractivity contribution in [1.82, 2.24) is 20.3 Å². The minimum absolute atomic E-state index is 0.221. The summed E-state index contributed by atoms with van der Waals surface area (Å²) >= 11 is 0. The van der Waals surface area contributed by atoms with Gasteiger partial charge in [-0.3, -0.25) is 19.7 Å². The average molecular weight is 264 g/mol. The van der Waals surface area contributed by atoms with Gasteiger partial charge in [-0.25, -0.2) is 0 Å². The number of rotatable bonds is 3. The van der Waals surface area contributed by atoms with Crippen molar-refractivity contribution in [3.63, 3.8) is 0 Å². The highest BCUT2D eigenvalue weighted by Gasteiger charge is 2.08. The summed E-state index contributed by atoms with van der Waals surface area (Å²) in [5.74, 6) is -0.221. The summed E-state index contributed by atoms with van der Waals surface area (Å²) in [7, 11) is 0. The third kappa shape index (κ3) is 2.61.